The molecule has 0 N–H and O–H groups in total. The summed E-state index contributed by atoms with van der Waals surface area (Å²) in [6.45, 7) is -0.919. The van der Waals surface area contributed by atoms with Crippen LogP contribution in [0.3, 0.4) is 0 Å². The lowest BCUT2D eigenvalue weighted by Crippen LogP contribution is -2.49. The first-order valence-corrected chi connectivity index (χ1v) is 10.8. The number of carbonyl (C=O) groups is 1. The molecule has 1 fully saturated rings. The van der Waals surface area contributed by atoms with Gasteiger partial charge >= 0.3 is 24.8 Å². The first-order chi connectivity index (χ1) is 15.9. The molecule has 0 aromatic heterocycles. The van der Waals surface area contributed by atoms with Crippen molar-refractivity contribution >= 4 is 34.6 Å². The highest BCUT2D eigenvalue weighted by Crippen LogP contribution is 2.37. The van der Waals surface area contributed by atoms with E-state index in [0.717, 1.165) is 22.5 Å². The van der Waals surface area contributed by atoms with Crippen molar-refractivity contribution in [2.75, 3.05) is 23.9 Å². The van der Waals surface area contributed by atoms with Crippen molar-refractivity contribution in [2.24, 2.45) is 5.92 Å². The lowest BCUT2D eigenvalue weighted by molar-refractivity contribution is -0.308. The summed E-state index contributed by atoms with van der Waals surface area (Å²) in [4.78, 5) is 12.4. The minimum absolute atomic E-state index is 0.0193. The number of hydrogen-bond acceptors (Lipinski definition) is 5. The second kappa shape index (κ2) is 10.9. The summed E-state index contributed by atoms with van der Waals surface area (Å²) in [5.74, 6) is -1.29. The second-order valence-corrected chi connectivity index (χ2v) is 8.50. The maximum absolute atomic E-state index is 12.6. The number of rotatable bonds is 6. The van der Waals surface area contributed by atoms with Gasteiger partial charge in [0.2, 0.25) is 0 Å². The number of piperidine rings is 1. The molecule has 200 valence electrons. The summed E-state index contributed by atoms with van der Waals surface area (Å²) < 4.78 is 144. The van der Waals surface area contributed by atoms with E-state index in [1.54, 1.807) is 0 Å². The highest BCUT2D eigenvalue weighted by atomic mass is 35.5. The van der Waals surface area contributed by atoms with E-state index in [0.29, 0.717) is 4.90 Å². The van der Waals surface area contributed by atoms with Crippen LogP contribution in [0.5, 0.6) is 5.75 Å². The molecule has 1 aliphatic rings. The van der Waals surface area contributed by atoms with Crippen molar-refractivity contribution in [3.8, 4) is 5.75 Å². The molecule has 7 nitrogen and oxygen atoms in total. The molecule has 18 heteroatoms. The zero-order valence-corrected chi connectivity index (χ0v) is 18.6. The molecular formula is C17H15ClF9N2O5S-. The first kappa shape index (κ1) is 29.1. The molecular weight excluding hydrogens is 551 g/mol. The van der Waals surface area contributed by atoms with E-state index in [4.69, 9.17) is 11.6 Å². The molecule has 1 aromatic carbocycles. The van der Waals surface area contributed by atoms with Gasteiger partial charge in [-0.2, -0.15) is 26.3 Å². The predicted octanol–water partition coefficient (Wildman–Crippen LogP) is 5.18. The molecule has 0 aliphatic carbocycles. The SMILES string of the molecule is O=C(OC(C(F)(F)F)C(F)(F)F)N1CCC(CN(c2ccc(OC(F)(F)F)c(Cl)c2)S(=O)[O-])CC1. The summed E-state index contributed by atoms with van der Waals surface area (Å²) in [5.41, 5.74) is -0.127. The van der Waals surface area contributed by atoms with Gasteiger partial charge in [-0.15, -0.1) is 13.2 Å². The van der Waals surface area contributed by atoms with Gasteiger partial charge in [0.15, 0.2) is 0 Å². The molecule has 0 radical (unpaired) electrons. The molecule has 1 amide bonds. The molecule has 35 heavy (non-hydrogen) atoms. The molecule has 0 saturated carbocycles. The highest BCUT2D eigenvalue weighted by molar-refractivity contribution is 7.80. The number of hydrogen-bond donors (Lipinski definition) is 0. The number of ether oxygens (including phenoxy) is 2. The van der Waals surface area contributed by atoms with Crippen LogP contribution in [-0.4, -0.2) is 64.2 Å². The Hall–Kier alpha value is -2.14. The fourth-order valence-electron chi connectivity index (χ4n) is 3.13. The minimum Gasteiger partial charge on any atom is -0.755 e. The van der Waals surface area contributed by atoms with Crippen LogP contribution in [0.2, 0.25) is 5.02 Å². The molecule has 1 unspecified atom stereocenters. The molecule has 1 saturated heterocycles. The van der Waals surface area contributed by atoms with Crippen LogP contribution in [0.4, 0.5) is 50.0 Å². The Balaban J connectivity index is 2.02. The van der Waals surface area contributed by atoms with E-state index in [9.17, 15) is 53.1 Å². The fourth-order valence-corrected chi connectivity index (χ4v) is 3.96. The van der Waals surface area contributed by atoms with Gasteiger partial charge in [0.25, 0.3) is 6.10 Å². The van der Waals surface area contributed by atoms with Gasteiger partial charge < -0.3 is 23.2 Å². The van der Waals surface area contributed by atoms with E-state index in [1.165, 1.54) is 0 Å². The molecule has 1 heterocycles. The lowest BCUT2D eigenvalue weighted by atomic mass is 9.97. The van der Waals surface area contributed by atoms with Crippen LogP contribution in [0, 0.1) is 5.92 Å². The summed E-state index contributed by atoms with van der Waals surface area (Å²) in [5, 5.41) is -0.545. The second-order valence-electron chi connectivity index (χ2n) is 7.22. The number of benzene rings is 1. The van der Waals surface area contributed by atoms with Crippen molar-refractivity contribution in [3.63, 3.8) is 0 Å². The van der Waals surface area contributed by atoms with E-state index < -0.39 is 58.9 Å². The number of anilines is 1. The number of amides is 1. The van der Waals surface area contributed by atoms with Gasteiger partial charge in [-0.3, -0.25) is 4.21 Å². The number of carbonyl (C=O) groups excluding carboxylic acids is 1. The van der Waals surface area contributed by atoms with E-state index >= 15 is 0 Å². The summed E-state index contributed by atoms with van der Waals surface area (Å²) in [6.07, 6.45) is -22.9. The van der Waals surface area contributed by atoms with Gasteiger partial charge in [-0.1, -0.05) is 11.6 Å². The largest absolute Gasteiger partial charge is 0.755 e. The van der Waals surface area contributed by atoms with Crippen molar-refractivity contribution in [3.05, 3.63) is 23.2 Å². The van der Waals surface area contributed by atoms with Crippen LogP contribution < -0.4 is 9.04 Å². The van der Waals surface area contributed by atoms with Gasteiger partial charge in [-0.25, -0.2) is 4.79 Å². The summed E-state index contributed by atoms with van der Waals surface area (Å²) in [7, 11) is 0. The van der Waals surface area contributed by atoms with Gasteiger partial charge in [0.05, 0.1) is 5.02 Å². The van der Waals surface area contributed by atoms with Crippen molar-refractivity contribution in [1.82, 2.24) is 4.90 Å². The zero-order chi connectivity index (χ0) is 26.8. The van der Waals surface area contributed by atoms with Crippen molar-refractivity contribution in [2.45, 2.75) is 37.7 Å². The normalized spacial score (nSPS) is 16.9. The van der Waals surface area contributed by atoms with Crippen molar-refractivity contribution in [1.29, 1.82) is 0 Å². The Morgan fingerprint density at radius 3 is 2.09 bits per heavy atom. The molecule has 0 bridgehead atoms. The Labute approximate surface area is 199 Å². The smallest absolute Gasteiger partial charge is 0.573 e. The highest BCUT2D eigenvalue weighted by Gasteiger charge is 2.60. The van der Waals surface area contributed by atoms with Crippen LogP contribution in [-0.2, 0) is 16.0 Å². The van der Waals surface area contributed by atoms with Crippen LogP contribution in [0.15, 0.2) is 18.2 Å². The Kier molecular flexibility index (Phi) is 9.03. The first-order valence-electron chi connectivity index (χ1n) is 9.39. The molecule has 0 spiro atoms. The van der Waals surface area contributed by atoms with E-state index in [-0.39, 0.29) is 38.2 Å². The minimum atomic E-state index is -5.87. The van der Waals surface area contributed by atoms with Crippen LogP contribution in [0.1, 0.15) is 12.8 Å². The molecule has 1 aromatic rings. The van der Waals surface area contributed by atoms with E-state index in [1.807, 2.05) is 0 Å². The van der Waals surface area contributed by atoms with Gasteiger partial charge in [-0.05, 0) is 37.0 Å². The maximum Gasteiger partial charge on any atom is 0.573 e. The van der Waals surface area contributed by atoms with Crippen LogP contribution in [0.25, 0.3) is 0 Å². The zero-order valence-electron chi connectivity index (χ0n) is 17.0. The van der Waals surface area contributed by atoms with E-state index in [2.05, 4.69) is 9.47 Å². The quantitative estimate of drug-likeness (QED) is 0.351. The Bertz CT molecular complexity index is 907. The third-order valence-corrected chi connectivity index (χ3v) is 5.73. The fraction of sp³-hybridized carbons (Fsp3) is 0.588. The Morgan fingerprint density at radius 2 is 1.66 bits per heavy atom. The average Bonchev–Trinajstić information content (AvgIpc) is 2.69. The summed E-state index contributed by atoms with van der Waals surface area (Å²) >= 11 is 2.79. The molecule has 1 atom stereocenters. The molecule has 2 rings (SSSR count). The molecule has 1 aliphatic heterocycles. The van der Waals surface area contributed by atoms with Gasteiger partial charge in [0, 0.05) is 36.6 Å². The number of halogens is 10. The van der Waals surface area contributed by atoms with Crippen LogP contribution >= 0.6 is 11.6 Å². The monoisotopic (exact) mass is 565 g/mol. The van der Waals surface area contributed by atoms with Gasteiger partial charge in [0.1, 0.15) is 5.75 Å². The summed E-state index contributed by atoms with van der Waals surface area (Å²) in [6, 6.07) is 2.68. The average molecular weight is 566 g/mol. The maximum atomic E-state index is 12.6. The Morgan fingerprint density at radius 1 is 1.11 bits per heavy atom. The standard InChI is InChI=1S/C17H16ClF9N2O5S/c18-11-7-10(1-2-12(11)34-17(25,26)27)29(35(31)32)8-9-3-5-28(6-4-9)14(30)33-13(15(19,20)21)16(22,23)24/h1-2,7,9,13H,3-6,8H2,(H,31,32)/p-1. The third-order valence-electron chi connectivity index (χ3n) is 4.72. The number of likely N-dealkylation sites (tertiary alicyclic amines) is 1. The number of alkyl halides is 9. The number of nitrogens with zero attached hydrogens (tertiary/aromatic N) is 2. The van der Waals surface area contributed by atoms with Crippen molar-refractivity contribution < 1.29 is 62.5 Å². The lowest BCUT2D eigenvalue weighted by Gasteiger charge is -2.36. The topological polar surface area (TPSA) is 82.1 Å². The third kappa shape index (κ3) is 8.49. The predicted molar refractivity (Wildman–Crippen MR) is 101 cm³/mol.